The highest BCUT2D eigenvalue weighted by Crippen LogP contribution is 2.22. The second kappa shape index (κ2) is 8.66. The summed E-state index contributed by atoms with van der Waals surface area (Å²) in [6.07, 6.45) is 3.15. The Hall–Kier alpha value is -2.20. The molecule has 2 N–H and O–H groups in total. The van der Waals surface area contributed by atoms with E-state index in [1.807, 2.05) is 24.3 Å². The summed E-state index contributed by atoms with van der Waals surface area (Å²) in [4.78, 5) is 6.12. The number of piperazine rings is 1. The Kier molecular flexibility index (Phi) is 6.27. The van der Waals surface area contributed by atoms with Crippen molar-refractivity contribution in [3.63, 3.8) is 0 Å². The zero-order valence-corrected chi connectivity index (χ0v) is 16.0. The predicted molar refractivity (Wildman–Crippen MR) is 102 cm³/mol. The van der Waals surface area contributed by atoms with Gasteiger partial charge in [-0.2, -0.15) is 9.79 Å². The van der Waals surface area contributed by atoms with Crippen molar-refractivity contribution in [1.29, 1.82) is 0 Å². The van der Waals surface area contributed by atoms with Gasteiger partial charge in [0.15, 0.2) is 0 Å². The molecule has 0 bridgehead atoms. The molecule has 0 aliphatic carbocycles. The molecule has 1 unspecified atom stereocenters. The van der Waals surface area contributed by atoms with Crippen molar-refractivity contribution in [2.24, 2.45) is 0 Å². The fourth-order valence-electron chi connectivity index (χ4n) is 3.12. The third-order valence-electron chi connectivity index (χ3n) is 4.69. The lowest BCUT2D eigenvalue weighted by molar-refractivity contribution is 0.133. The zero-order valence-electron chi connectivity index (χ0n) is 15.2. The van der Waals surface area contributed by atoms with Gasteiger partial charge >= 0.3 is 0 Å². The van der Waals surface area contributed by atoms with E-state index in [4.69, 9.17) is 4.74 Å². The lowest BCUT2D eigenvalue weighted by Crippen LogP contribution is -2.50. The monoisotopic (exact) mass is 392 g/mol. The molecule has 9 heteroatoms. The van der Waals surface area contributed by atoms with Crippen LogP contribution in [0.25, 0.3) is 0 Å². The van der Waals surface area contributed by atoms with E-state index in [1.165, 1.54) is 4.31 Å². The van der Waals surface area contributed by atoms with Crippen molar-refractivity contribution in [2.45, 2.75) is 6.04 Å². The van der Waals surface area contributed by atoms with E-state index in [9.17, 15) is 13.6 Å². The molecule has 0 saturated carbocycles. The lowest BCUT2D eigenvalue weighted by Gasteiger charge is -2.36. The maximum absolute atomic E-state index is 12.8. The second-order valence-corrected chi connectivity index (χ2v) is 8.34. The van der Waals surface area contributed by atoms with E-state index in [2.05, 4.69) is 15.4 Å². The van der Waals surface area contributed by atoms with Crippen LogP contribution >= 0.6 is 0 Å². The molecule has 2 aromatic rings. The molecule has 3 rings (SSSR count). The smallest absolute Gasteiger partial charge is 0.216 e. The first-order valence-corrected chi connectivity index (χ1v) is 10.3. The van der Waals surface area contributed by atoms with Crippen molar-refractivity contribution in [3.05, 3.63) is 54.4 Å². The standard InChI is InChI=1S/C18H24N4O4S/c1-26-17-6-4-16(5-7-17)21-9-11-22(12-10-21)27(24,25)14-18(20-23)15-3-2-8-19-13-15/h2-8,13,18,20,23H,9-12,14H2,1H3. The second-order valence-electron chi connectivity index (χ2n) is 6.33. The number of benzene rings is 1. The van der Waals surface area contributed by atoms with E-state index < -0.39 is 16.1 Å². The number of hydrogen-bond acceptors (Lipinski definition) is 7. The molecule has 8 nitrogen and oxygen atoms in total. The summed E-state index contributed by atoms with van der Waals surface area (Å²) in [5.41, 5.74) is 3.76. The number of pyridine rings is 1. The number of hydroxylamine groups is 1. The average molecular weight is 392 g/mol. The number of rotatable bonds is 7. The van der Waals surface area contributed by atoms with Crippen molar-refractivity contribution in [3.8, 4) is 5.75 Å². The first-order chi connectivity index (χ1) is 13.0. The number of anilines is 1. The summed E-state index contributed by atoms with van der Waals surface area (Å²) in [5.74, 6) is 0.565. The summed E-state index contributed by atoms with van der Waals surface area (Å²) < 4.78 is 32.2. The van der Waals surface area contributed by atoms with Gasteiger partial charge in [-0.25, -0.2) is 8.42 Å². The molecule has 0 amide bonds. The molecule has 1 saturated heterocycles. The van der Waals surface area contributed by atoms with Gasteiger partial charge in [-0.15, -0.1) is 0 Å². The van der Waals surface area contributed by atoms with Crippen LogP contribution in [0.5, 0.6) is 5.75 Å². The van der Waals surface area contributed by atoms with E-state index in [1.54, 1.807) is 31.6 Å². The number of sulfonamides is 1. The van der Waals surface area contributed by atoms with Crippen LogP contribution in [-0.4, -0.2) is 62.0 Å². The Balaban J connectivity index is 1.62. The first-order valence-electron chi connectivity index (χ1n) is 8.70. The van der Waals surface area contributed by atoms with Gasteiger partial charge in [0.2, 0.25) is 10.0 Å². The quantitative estimate of drug-likeness (QED) is 0.685. The van der Waals surface area contributed by atoms with Crippen LogP contribution in [-0.2, 0) is 10.0 Å². The molecule has 1 atom stereocenters. The van der Waals surface area contributed by atoms with Crippen molar-refractivity contribution >= 4 is 15.7 Å². The minimum Gasteiger partial charge on any atom is -0.497 e. The fourth-order valence-corrected chi connectivity index (χ4v) is 4.74. The van der Waals surface area contributed by atoms with Gasteiger partial charge in [0.05, 0.1) is 18.9 Å². The van der Waals surface area contributed by atoms with Crippen LogP contribution in [0, 0.1) is 0 Å². The number of aromatic nitrogens is 1. The van der Waals surface area contributed by atoms with E-state index in [0.29, 0.717) is 31.7 Å². The Bertz CT molecular complexity index is 822. The van der Waals surface area contributed by atoms with Gasteiger partial charge in [0, 0.05) is 44.3 Å². The van der Waals surface area contributed by atoms with Gasteiger partial charge in [0.1, 0.15) is 5.75 Å². The third-order valence-corrected chi connectivity index (χ3v) is 6.60. The highest BCUT2D eigenvalue weighted by atomic mass is 32.2. The minimum atomic E-state index is -3.52. The van der Waals surface area contributed by atoms with Crippen LogP contribution in [0.1, 0.15) is 11.6 Å². The van der Waals surface area contributed by atoms with Crippen molar-refractivity contribution in [1.82, 2.24) is 14.8 Å². The molecule has 0 spiro atoms. The Morgan fingerprint density at radius 1 is 1.19 bits per heavy atom. The minimum absolute atomic E-state index is 0.224. The summed E-state index contributed by atoms with van der Waals surface area (Å²) in [7, 11) is -1.90. The largest absolute Gasteiger partial charge is 0.497 e. The van der Waals surface area contributed by atoms with Crippen molar-refractivity contribution in [2.75, 3.05) is 43.9 Å². The van der Waals surface area contributed by atoms with E-state index >= 15 is 0 Å². The van der Waals surface area contributed by atoms with E-state index in [-0.39, 0.29) is 5.75 Å². The molecule has 0 radical (unpaired) electrons. The van der Waals surface area contributed by atoms with Gasteiger partial charge in [0.25, 0.3) is 0 Å². The number of nitrogens with one attached hydrogen (secondary N) is 1. The van der Waals surface area contributed by atoms with Gasteiger partial charge in [-0.05, 0) is 35.9 Å². The highest BCUT2D eigenvalue weighted by molar-refractivity contribution is 7.89. The molecule has 1 fully saturated rings. The van der Waals surface area contributed by atoms with E-state index in [0.717, 1.165) is 11.4 Å². The van der Waals surface area contributed by atoms with Crippen LogP contribution < -0.4 is 15.1 Å². The topological polar surface area (TPSA) is 95.0 Å². The van der Waals surface area contributed by atoms with Crippen LogP contribution in [0.3, 0.4) is 0 Å². The third kappa shape index (κ3) is 4.75. The fraction of sp³-hybridized carbons (Fsp3) is 0.389. The maximum Gasteiger partial charge on any atom is 0.216 e. The van der Waals surface area contributed by atoms with Crippen LogP contribution in [0.2, 0.25) is 0 Å². The number of nitrogens with zero attached hydrogens (tertiary/aromatic N) is 3. The predicted octanol–water partition coefficient (Wildman–Crippen LogP) is 1.26. The number of methoxy groups -OCH3 is 1. The zero-order chi connectivity index (χ0) is 19.3. The molecule has 146 valence electrons. The lowest BCUT2D eigenvalue weighted by atomic mass is 10.1. The summed E-state index contributed by atoms with van der Waals surface area (Å²) in [6.45, 7) is 2.02. The molecule has 1 aromatic carbocycles. The first kappa shape index (κ1) is 19.6. The van der Waals surface area contributed by atoms with Crippen molar-refractivity contribution < 1.29 is 18.4 Å². The van der Waals surface area contributed by atoms with Gasteiger partial charge in [-0.1, -0.05) is 6.07 Å². The molecular formula is C18H24N4O4S. The molecule has 1 aromatic heterocycles. The normalized spacial score (nSPS) is 16.9. The molecule has 2 heterocycles. The van der Waals surface area contributed by atoms with Crippen LogP contribution in [0.15, 0.2) is 48.8 Å². The maximum atomic E-state index is 12.8. The Morgan fingerprint density at radius 2 is 1.89 bits per heavy atom. The Morgan fingerprint density at radius 3 is 2.44 bits per heavy atom. The summed E-state index contributed by atoms with van der Waals surface area (Å²) >= 11 is 0. The summed E-state index contributed by atoms with van der Waals surface area (Å²) in [6, 6.07) is 10.4. The average Bonchev–Trinajstić information content (AvgIpc) is 2.73. The van der Waals surface area contributed by atoms with Crippen LogP contribution in [0.4, 0.5) is 5.69 Å². The highest BCUT2D eigenvalue weighted by Gasteiger charge is 2.30. The number of ether oxygens (including phenoxy) is 1. The molecular weight excluding hydrogens is 368 g/mol. The molecule has 1 aliphatic heterocycles. The SMILES string of the molecule is COc1ccc(N2CCN(S(=O)(=O)CC(NO)c3cccnc3)CC2)cc1. The summed E-state index contributed by atoms with van der Waals surface area (Å²) in [5, 5.41) is 9.40. The molecule has 1 aliphatic rings. The number of hydrogen-bond donors (Lipinski definition) is 2. The van der Waals surface area contributed by atoms with Gasteiger partial charge in [-0.3, -0.25) is 4.98 Å². The Labute approximate surface area is 159 Å². The van der Waals surface area contributed by atoms with Gasteiger partial charge < -0.3 is 14.8 Å². The molecule has 27 heavy (non-hydrogen) atoms.